The first-order valence-corrected chi connectivity index (χ1v) is 6.64. The van der Waals surface area contributed by atoms with Gasteiger partial charge in [-0.05, 0) is 11.1 Å². The maximum absolute atomic E-state index is 3.52. The maximum Gasteiger partial charge on any atom is 2.00 e. The van der Waals surface area contributed by atoms with Crippen molar-refractivity contribution in [3.05, 3.63) is 95.6 Å². The number of fused-ring (bicyclic) bond motifs is 1. The molecule has 2 heteroatoms. The predicted molar refractivity (Wildman–Crippen MR) is 79.2 cm³/mol. The Morgan fingerprint density at radius 2 is 1.65 bits per heavy atom. The molecule has 1 N–H and O–H groups in total. The zero-order valence-electron chi connectivity index (χ0n) is 11.1. The first-order valence-electron chi connectivity index (χ1n) is 6.64. The Hall–Kier alpha value is -1.60. The van der Waals surface area contributed by atoms with Gasteiger partial charge in [-0.25, -0.2) is 24.3 Å². The van der Waals surface area contributed by atoms with Gasteiger partial charge >= 0.3 is 17.1 Å². The summed E-state index contributed by atoms with van der Waals surface area (Å²) in [7, 11) is 0. The Bertz CT molecular complexity index is 579. The van der Waals surface area contributed by atoms with Crippen LogP contribution >= 0.6 is 0 Å². The molecular formula is C18H17FeN. The van der Waals surface area contributed by atoms with E-state index in [2.05, 4.69) is 53.8 Å². The van der Waals surface area contributed by atoms with Gasteiger partial charge in [0.15, 0.2) is 0 Å². The molecule has 1 aliphatic heterocycles. The third-order valence-corrected chi connectivity index (χ3v) is 3.44. The number of nitrogens with one attached hydrogen (secondary N) is 1. The third kappa shape index (κ3) is 3.29. The van der Waals surface area contributed by atoms with Crippen LogP contribution in [0.4, 0.5) is 0 Å². The van der Waals surface area contributed by atoms with Gasteiger partial charge in [-0.3, -0.25) is 0 Å². The van der Waals surface area contributed by atoms with E-state index in [9.17, 15) is 0 Å². The summed E-state index contributed by atoms with van der Waals surface area (Å²) in [5.41, 5.74) is 4.23. The molecule has 0 aromatic heterocycles. The van der Waals surface area contributed by atoms with E-state index >= 15 is 0 Å². The Morgan fingerprint density at radius 1 is 0.950 bits per heavy atom. The predicted octanol–water partition coefficient (Wildman–Crippen LogP) is 4.00. The summed E-state index contributed by atoms with van der Waals surface area (Å²) in [5.74, 6) is 0. The SMILES string of the molecule is [Fe+2].c1cc[cH-]c1.c1ccc2c(c1)CNC2[c-]1cccc1. The maximum atomic E-state index is 3.52. The van der Waals surface area contributed by atoms with Crippen molar-refractivity contribution < 1.29 is 17.1 Å². The van der Waals surface area contributed by atoms with Crippen LogP contribution in [0.1, 0.15) is 22.7 Å². The van der Waals surface area contributed by atoms with Crippen molar-refractivity contribution in [1.29, 1.82) is 0 Å². The van der Waals surface area contributed by atoms with E-state index in [1.807, 2.05) is 30.3 Å². The van der Waals surface area contributed by atoms with Crippen LogP contribution in [-0.2, 0) is 23.6 Å². The molecule has 0 fully saturated rings. The van der Waals surface area contributed by atoms with Gasteiger partial charge in [0.2, 0.25) is 0 Å². The number of benzene rings is 1. The first kappa shape index (κ1) is 14.8. The number of hydrogen-bond donors (Lipinski definition) is 1. The molecule has 3 aromatic rings. The third-order valence-electron chi connectivity index (χ3n) is 3.44. The summed E-state index contributed by atoms with van der Waals surface area (Å²) in [6.45, 7) is 0.992. The average molecular weight is 303 g/mol. The molecule has 0 saturated heterocycles. The fourth-order valence-corrected chi connectivity index (χ4v) is 2.50. The summed E-state index contributed by atoms with van der Waals surface area (Å²) in [5, 5.41) is 3.52. The fourth-order valence-electron chi connectivity index (χ4n) is 2.50. The quantitative estimate of drug-likeness (QED) is 0.529. The minimum Gasteiger partial charge on any atom is -0.312 e. The minimum absolute atomic E-state index is 0. The summed E-state index contributed by atoms with van der Waals surface area (Å²) >= 11 is 0. The van der Waals surface area contributed by atoms with Crippen molar-refractivity contribution in [2.75, 3.05) is 0 Å². The van der Waals surface area contributed by atoms with Crippen LogP contribution in [0, 0.1) is 0 Å². The van der Waals surface area contributed by atoms with Gasteiger partial charge in [0.1, 0.15) is 0 Å². The van der Waals surface area contributed by atoms with Crippen molar-refractivity contribution in [2.24, 2.45) is 0 Å². The molecule has 1 unspecified atom stereocenters. The molecule has 0 spiro atoms. The van der Waals surface area contributed by atoms with E-state index < -0.39 is 0 Å². The van der Waals surface area contributed by atoms with Crippen LogP contribution in [0.15, 0.2) is 78.9 Å². The van der Waals surface area contributed by atoms with Crippen LogP contribution in [0.5, 0.6) is 0 Å². The molecule has 0 radical (unpaired) electrons. The number of hydrogen-bond acceptors (Lipinski definition) is 1. The van der Waals surface area contributed by atoms with E-state index in [-0.39, 0.29) is 17.1 Å². The molecule has 0 bridgehead atoms. The van der Waals surface area contributed by atoms with Crippen molar-refractivity contribution >= 4 is 0 Å². The molecule has 102 valence electrons. The molecule has 20 heavy (non-hydrogen) atoms. The fraction of sp³-hybridized carbons (Fsp3) is 0.111. The van der Waals surface area contributed by atoms with Gasteiger partial charge in [-0.15, -0.1) is 5.56 Å². The molecule has 0 aliphatic carbocycles. The molecular weight excluding hydrogens is 286 g/mol. The Labute approximate surface area is 130 Å². The second-order valence-electron chi connectivity index (χ2n) is 4.69. The van der Waals surface area contributed by atoms with Crippen molar-refractivity contribution in [1.82, 2.24) is 5.32 Å². The normalized spacial score (nSPS) is 15.7. The standard InChI is InChI=1S/C13H12N.C5H5.Fe/c1-2-6-10(5-1)13-12-8-4-3-7-11(12)9-14-13;1-2-4-5-3-1;/h1-8,13-14H,9H2;1-5H;/q2*-1;+2. The van der Waals surface area contributed by atoms with Gasteiger partial charge in [0.05, 0.1) is 0 Å². The van der Waals surface area contributed by atoms with Crippen LogP contribution in [-0.4, -0.2) is 0 Å². The molecule has 1 atom stereocenters. The molecule has 1 heterocycles. The topological polar surface area (TPSA) is 12.0 Å². The Kier molecular flexibility index (Phi) is 5.37. The van der Waals surface area contributed by atoms with Gasteiger partial charge in [0, 0.05) is 12.6 Å². The van der Waals surface area contributed by atoms with E-state index in [0.29, 0.717) is 6.04 Å². The Morgan fingerprint density at radius 3 is 2.30 bits per heavy atom. The Balaban J connectivity index is 0.000000210. The zero-order valence-corrected chi connectivity index (χ0v) is 12.2. The van der Waals surface area contributed by atoms with Crippen molar-refractivity contribution in [2.45, 2.75) is 12.6 Å². The summed E-state index contributed by atoms with van der Waals surface area (Å²) in [4.78, 5) is 0. The smallest absolute Gasteiger partial charge is 0.312 e. The van der Waals surface area contributed by atoms with E-state index in [4.69, 9.17) is 0 Å². The first-order chi connectivity index (χ1) is 9.45. The van der Waals surface area contributed by atoms with Crippen molar-refractivity contribution in [3.8, 4) is 0 Å². The van der Waals surface area contributed by atoms with E-state index in [1.165, 1.54) is 16.7 Å². The summed E-state index contributed by atoms with van der Waals surface area (Å²) in [6, 6.07) is 27.6. The van der Waals surface area contributed by atoms with E-state index in [0.717, 1.165) is 6.54 Å². The minimum atomic E-state index is 0. The second-order valence-corrected chi connectivity index (χ2v) is 4.69. The van der Waals surface area contributed by atoms with Crippen LogP contribution in [0.2, 0.25) is 0 Å². The molecule has 3 aromatic carbocycles. The zero-order chi connectivity index (χ0) is 12.9. The monoisotopic (exact) mass is 303 g/mol. The largest absolute Gasteiger partial charge is 2.00 e. The van der Waals surface area contributed by atoms with Crippen LogP contribution in [0.25, 0.3) is 0 Å². The van der Waals surface area contributed by atoms with Gasteiger partial charge in [-0.1, -0.05) is 24.3 Å². The second kappa shape index (κ2) is 7.25. The average Bonchev–Trinajstić information content (AvgIpc) is 3.21. The molecule has 0 amide bonds. The molecule has 1 nitrogen and oxygen atoms in total. The molecule has 4 rings (SSSR count). The van der Waals surface area contributed by atoms with Gasteiger partial charge in [0.25, 0.3) is 0 Å². The van der Waals surface area contributed by atoms with Gasteiger partial charge in [-0.2, -0.15) is 30.3 Å². The van der Waals surface area contributed by atoms with E-state index in [1.54, 1.807) is 0 Å². The van der Waals surface area contributed by atoms with Crippen LogP contribution < -0.4 is 5.32 Å². The van der Waals surface area contributed by atoms with Crippen molar-refractivity contribution in [3.63, 3.8) is 0 Å². The van der Waals surface area contributed by atoms with Gasteiger partial charge < -0.3 is 5.32 Å². The molecule has 0 saturated carbocycles. The van der Waals surface area contributed by atoms with Crippen LogP contribution in [0.3, 0.4) is 0 Å². The summed E-state index contributed by atoms with van der Waals surface area (Å²) < 4.78 is 0. The number of rotatable bonds is 1. The summed E-state index contributed by atoms with van der Waals surface area (Å²) in [6.07, 6.45) is 0. The molecule has 1 aliphatic rings.